The molecule has 1 aromatic carbocycles. The van der Waals surface area contributed by atoms with Crippen molar-refractivity contribution in [2.24, 2.45) is 0 Å². The van der Waals surface area contributed by atoms with Crippen LogP contribution < -0.4 is 5.32 Å². The molecule has 7 heteroatoms. The number of carbonyl (C=O) groups is 1. The van der Waals surface area contributed by atoms with Gasteiger partial charge in [-0.2, -0.15) is 10.4 Å². The quantitative estimate of drug-likeness (QED) is 0.810. The number of nitrogens with one attached hydrogen (secondary N) is 2. The second-order valence-electron chi connectivity index (χ2n) is 3.63. The van der Waals surface area contributed by atoms with Gasteiger partial charge in [-0.3, -0.25) is 9.89 Å². The number of hydrogen-bond acceptors (Lipinski definition) is 5. The lowest BCUT2D eigenvalue weighted by Crippen LogP contribution is -2.12. The standard InChI is InChI=1S/C12H11N5OS/c13-7-9-1-3-10(4-2-9)16-11(18)5-6-19-12-14-8-15-17-12/h1-4,8H,5-6H2,(H,16,18)(H,14,15,17). The van der Waals surface area contributed by atoms with Gasteiger partial charge in [-0.25, -0.2) is 4.98 Å². The molecular weight excluding hydrogens is 262 g/mol. The van der Waals surface area contributed by atoms with E-state index in [1.165, 1.54) is 18.1 Å². The van der Waals surface area contributed by atoms with Crippen molar-refractivity contribution < 1.29 is 4.79 Å². The summed E-state index contributed by atoms with van der Waals surface area (Å²) in [6.07, 6.45) is 1.81. The number of anilines is 1. The Labute approximate surface area is 114 Å². The smallest absolute Gasteiger partial charge is 0.225 e. The molecule has 0 fully saturated rings. The number of aromatic nitrogens is 3. The predicted octanol–water partition coefficient (Wildman–Crippen LogP) is 1.80. The number of thioether (sulfide) groups is 1. The van der Waals surface area contributed by atoms with Crippen molar-refractivity contribution in [3.05, 3.63) is 36.2 Å². The second-order valence-corrected chi connectivity index (χ2v) is 4.71. The Bertz CT molecular complexity index is 573. The maximum absolute atomic E-state index is 11.7. The average Bonchev–Trinajstić information content (AvgIpc) is 2.93. The number of amides is 1. The van der Waals surface area contributed by atoms with Crippen LogP contribution in [-0.2, 0) is 4.79 Å². The number of carbonyl (C=O) groups excluding carboxylic acids is 1. The summed E-state index contributed by atoms with van der Waals surface area (Å²) < 4.78 is 0. The number of nitrogens with zero attached hydrogens (tertiary/aromatic N) is 3. The third-order valence-corrected chi connectivity index (χ3v) is 3.14. The summed E-state index contributed by atoms with van der Waals surface area (Å²) in [6.45, 7) is 0. The van der Waals surface area contributed by atoms with Crippen LogP contribution in [0.25, 0.3) is 0 Å². The average molecular weight is 273 g/mol. The molecule has 0 bridgehead atoms. The molecule has 0 saturated heterocycles. The number of aromatic amines is 1. The Hall–Kier alpha value is -2.33. The molecule has 0 aliphatic rings. The molecule has 0 aliphatic carbocycles. The molecule has 1 heterocycles. The van der Waals surface area contributed by atoms with Crippen molar-refractivity contribution in [2.75, 3.05) is 11.1 Å². The lowest BCUT2D eigenvalue weighted by Gasteiger charge is -2.04. The molecule has 2 aromatic rings. The Balaban J connectivity index is 1.76. The van der Waals surface area contributed by atoms with Crippen LogP contribution in [0.5, 0.6) is 0 Å². The summed E-state index contributed by atoms with van der Waals surface area (Å²) in [5, 5.41) is 18.6. The third kappa shape index (κ3) is 4.12. The molecule has 0 unspecified atom stereocenters. The summed E-state index contributed by atoms with van der Waals surface area (Å²) in [5.41, 5.74) is 1.26. The van der Waals surface area contributed by atoms with E-state index in [1.807, 2.05) is 6.07 Å². The van der Waals surface area contributed by atoms with Gasteiger partial charge in [0, 0.05) is 17.9 Å². The van der Waals surface area contributed by atoms with Crippen molar-refractivity contribution in [3.63, 3.8) is 0 Å². The minimum atomic E-state index is -0.0725. The van der Waals surface area contributed by atoms with Crippen molar-refractivity contribution >= 4 is 23.4 Å². The molecule has 1 aromatic heterocycles. The van der Waals surface area contributed by atoms with E-state index < -0.39 is 0 Å². The van der Waals surface area contributed by atoms with E-state index >= 15 is 0 Å². The fourth-order valence-corrected chi connectivity index (χ4v) is 2.08. The van der Waals surface area contributed by atoms with Crippen molar-refractivity contribution in [2.45, 2.75) is 11.6 Å². The minimum Gasteiger partial charge on any atom is -0.326 e. The van der Waals surface area contributed by atoms with Crippen LogP contribution >= 0.6 is 11.8 Å². The Morgan fingerprint density at radius 1 is 1.42 bits per heavy atom. The number of H-pyrrole nitrogens is 1. The summed E-state index contributed by atoms with van der Waals surface area (Å²) in [6, 6.07) is 8.77. The van der Waals surface area contributed by atoms with E-state index in [-0.39, 0.29) is 5.91 Å². The van der Waals surface area contributed by atoms with E-state index in [4.69, 9.17) is 5.26 Å². The van der Waals surface area contributed by atoms with Gasteiger partial charge in [0.1, 0.15) is 6.33 Å². The van der Waals surface area contributed by atoms with E-state index in [0.717, 1.165) is 0 Å². The highest BCUT2D eigenvalue weighted by Crippen LogP contribution is 2.13. The molecule has 0 spiro atoms. The number of nitriles is 1. The van der Waals surface area contributed by atoms with Crippen molar-refractivity contribution in [1.29, 1.82) is 5.26 Å². The zero-order chi connectivity index (χ0) is 13.5. The molecule has 2 N–H and O–H groups in total. The lowest BCUT2D eigenvalue weighted by molar-refractivity contribution is -0.115. The highest BCUT2D eigenvalue weighted by Gasteiger charge is 2.04. The molecule has 0 aliphatic heterocycles. The molecule has 0 radical (unpaired) electrons. The second kappa shape index (κ2) is 6.56. The fourth-order valence-electron chi connectivity index (χ4n) is 1.36. The van der Waals surface area contributed by atoms with Gasteiger partial charge < -0.3 is 5.32 Å². The zero-order valence-electron chi connectivity index (χ0n) is 9.96. The zero-order valence-corrected chi connectivity index (χ0v) is 10.8. The van der Waals surface area contributed by atoms with Crippen LogP contribution in [0.4, 0.5) is 5.69 Å². The van der Waals surface area contributed by atoms with E-state index in [9.17, 15) is 4.79 Å². The molecule has 2 rings (SSSR count). The first-order valence-corrected chi connectivity index (χ1v) is 6.54. The largest absolute Gasteiger partial charge is 0.326 e. The number of benzene rings is 1. The molecule has 96 valence electrons. The van der Waals surface area contributed by atoms with E-state index in [1.54, 1.807) is 24.3 Å². The van der Waals surface area contributed by atoms with Crippen LogP contribution in [0.15, 0.2) is 35.7 Å². The van der Waals surface area contributed by atoms with Gasteiger partial charge in [-0.1, -0.05) is 11.8 Å². The van der Waals surface area contributed by atoms with Crippen molar-refractivity contribution in [1.82, 2.24) is 15.2 Å². The van der Waals surface area contributed by atoms with Gasteiger partial charge in [0.05, 0.1) is 11.6 Å². The van der Waals surface area contributed by atoms with E-state index in [0.29, 0.717) is 28.6 Å². The van der Waals surface area contributed by atoms with Gasteiger partial charge in [-0.05, 0) is 24.3 Å². The highest BCUT2D eigenvalue weighted by molar-refractivity contribution is 7.99. The first-order valence-electron chi connectivity index (χ1n) is 5.56. The Morgan fingerprint density at radius 3 is 2.84 bits per heavy atom. The Morgan fingerprint density at radius 2 is 2.21 bits per heavy atom. The maximum Gasteiger partial charge on any atom is 0.225 e. The van der Waals surface area contributed by atoms with Gasteiger partial charge >= 0.3 is 0 Å². The maximum atomic E-state index is 11.7. The van der Waals surface area contributed by atoms with Gasteiger partial charge in [0.25, 0.3) is 0 Å². The topological polar surface area (TPSA) is 94.5 Å². The van der Waals surface area contributed by atoms with Crippen LogP contribution in [0.1, 0.15) is 12.0 Å². The molecule has 19 heavy (non-hydrogen) atoms. The SMILES string of the molecule is N#Cc1ccc(NC(=O)CCSc2ncn[nH]2)cc1. The van der Waals surface area contributed by atoms with Gasteiger partial charge in [0.2, 0.25) is 5.91 Å². The molecular formula is C12H11N5OS. The van der Waals surface area contributed by atoms with Gasteiger partial charge in [0.15, 0.2) is 5.16 Å². The number of hydrogen-bond donors (Lipinski definition) is 2. The predicted molar refractivity (Wildman–Crippen MR) is 71.5 cm³/mol. The highest BCUT2D eigenvalue weighted by atomic mass is 32.2. The monoisotopic (exact) mass is 273 g/mol. The Kier molecular flexibility index (Phi) is 4.53. The molecule has 6 nitrogen and oxygen atoms in total. The lowest BCUT2D eigenvalue weighted by atomic mass is 10.2. The first-order chi connectivity index (χ1) is 9.28. The summed E-state index contributed by atoms with van der Waals surface area (Å²) in [7, 11) is 0. The molecule has 0 atom stereocenters. The normalized spacial score (nSPS) is 9.84. The first kappa shape index (κ1) is 13.1. The molecule has 0 saturated carbocycles. The van der Waals surface area contributed by atoms with Crippen molar-refractivity contribution in [3.8, 4) is 6.07 Å². The summed E-state index contributed by atoms with van der Waals surface area (Å²) in [4.78, 5) is 15.6. The third-order valence-electron chi connectivity index (χ3n) is 2.26. The minimum absolute atomic E-state index is 0.0725. The van der Waals surface area contributed by atoms with E-state index in [2.05, 4.69) is 20.5 Å². The van der Waals surface area contributed by atoms with Crippen LogP contribution in [0.3, 0.4) is 0 Å². The van der Waals surface area contributed by atoms with Gasteiger partial charge in [-0.15, -0.1) is 0 Å². The van der Waals surface area contributed by atoms with Crippen LogP contribution in [-0.4, -0.2) is 26.8 Å². The molecule has 1 amide bonds. The van der Waals surface area contributed by atoms with Crippen LogP contribution in [0.2, 0.25) is 0 Å². The fraction of sp³-hybridized carbons (Fsp3) is 0.167. The van der Waals surface area contributed by atoms with Crippen LogP contribution in [0, 0.1) is 11.3 Å². The summed E-state index contributed by atoms with van der Waals surface area (Å²) in [5.74, 6) is 0.550. The number of rotatable bonds is 5. The summed E-state index contributed by atoms with van der Waals surface area (Å²) >= 11 is 1.44.